The highest BCUT2D eigenvalue weighted by Crippen LogP contribution is 2.41. The van der Waals surface area contributed by atoms with E-state index >= 15 is 0 Å². The summed E-state index contributed by atoms with van der Waals surface area (Å²) in [6.45, 7) is 0. The van der Waals surface area contributed by atoms with E-state index in [9.17, 15) is 8.42 Å². The van der Waals surface area contributed by atoms with Crippen molar-refractivity contribution < 1.29 is 23.4 Å². The lowest BCUT2D eigenvalue weighted by Crippen LogP contribution is -2.24. The summed E-state index contributed by atoms with van der Waals surface area (Å²) in [5, 5.41) is 15.7. The van der Waals surface area contributed by atoms with Gasteiger partial charge in [0.2, 0.25) is 10.0 Å². The van der Waals surface area contributed by atoms with E-state index in [1.807, 2.05) is 36.4 Å². The molecule has 1 fully saturated rings. The van der Waals surface area contributed by atoms with Crippen molar-refractivity contribution in [3.63, 3.8) is 0 Å². The molecule has 8 heteroatoms. The van der Waals surface area contributed by atoms with Crippen molar-refractivity contribution in [3.05, 3.63) is 76.2 Å². The highest BCUT2D eigenvalue weighted by Gasteiger charge is 2.40. The molecule has 0 bridgehead atoms. The van der Waals surface area contributed by atoms with Gasteiger partial charge in [0.05, 0.1) is 0 Å². The quantitative estimate of drug-likeness (QED) is 0.709. The van der Waals surface area contributed by atoms with Crippen LogP contribution in [0.4, 0.5) is 4.79 Å². The van der Waals surface area contributed by atoms with Gasteiger partial charge in [0.1, 0.15) is 0 Å². The summed E-state index contributed by atoms with van der Waals surface area (Å²) in [4.78, 5) is 8.56. The molecule has 0 radical (unpaired) electrons. The molecule has 0 spiro atoms. The Balaban J connectivity index is 0.000000552. The number of hydrogen-bond donors (Lipinski definition) is 3. The molecule has 3 rings (SSSR count). The highest BCUT2D eigenvalue weighted by molar-refractivity contribution is 7.92. The lowest BCUT2D eigenvalue weighted by Gasteiger charge is -2.02. The second-order valence-corrected chi connectivity index (χ2v) is 7.70. The Bertz CT molecular complexity index is 879. The SMILES string of the molecule is O=C(O)O.O=S(=O)(/C=C/c1cccc(Cl)c1)N[C@H]1C[C@@H]1c1ccccc1. The van der Waals surface area contributed by atoms with Gasteiger partial charge in [-0.3, -0.25) is 0 Å². The van der Waals surface area contributed by atoms with Crippen LogP contribution in [0.25, 0.3) is 6.08 Å². The van der Waals surface area contributed by atoms with Crippen LogP contribution in [-0.2, 0) is 10.0 Å². The van der Waals surface area contributed by atoms with E-state index in [2.05, 4.69) is 4.72 Å². The average Bonchev–Trinajstić information content (AvgIpc) is 3.32. The number of hydrogen-bond acceptors (Lipinski definition) is 3. The lowest BCUT2D eigenvalue weighted by molar-refractivity contribution is 0.137. The van der Waals surface area contributed by atoms with Gasteiger partial charge < -0.3 is 10.2 Å². The van der Waals surface area contributed by atoms with Crippen LogP contribution in [0.2, 0.25) is 5.02 Å². The molecule has 26 heavy (non-hydrogen) atoms. The minimum Gasteiger partial charge on any atom is -0.450 e. The average molecular weight is 396 g/mol. The van der Waals surface area contributed by atoms with Gasteiger partial charge in [0.25, 0.3) is 0 Å². The third-order valence-corrected chi connectivity index (χ3v) is 4.98. The molecule has 0 aliphatic heterocycles. The summed E-state index contributed by atoms with van der Waals surface area (Å²) in [5.74, 6) is 0.274. The molecular formula is C18H18ClNO5S. The summed E-state index contributed by atoms with van der Waals surface area (Å²) < 4.78 is 26.9. The van der Waals surface area contributed by atoms with E-state index in [4.69, 9.17) is 26.6 Å². The first-order valence-corrected chi connectivity index (χ1v) is 9.62. The van der Waals surface area contributed by atoms with E-state index in [-0.39, 0.29) is 12.0 Å². The topological polar surface area (TPSA) is 104 Å². The minimum absolute atomic E-state index is 0.0172. The van der Waals surface area contributed by atoms with Crippen LogP contribution in [0.15, 0.2) is 60.0 Å². The number of carbonyl (C=O) groups is 1. The van der Waals surface area contributed by atoms with E-state index in [1.54, 1.807) is 24.3 Å². The van der Waals surface area contributed by atoms with Crippen LogP contribution in [-0.4, -0.2) is 30.8 Å². The second-order valence-electron chi connectivity index (χ2n) is 5.66. The maximum absolute atomic E-state index is 12.1. The van der Waals surface area contributed by atoms with E-state index in [1.165, 1.54) is 11.0 Å². The standard InChI is InChI=1S/C17H16ClNO2S.CH2O3/c18-15-8-4-5-13(11-15)9-10-22(20,21)19-17-12-16(17)14-6-2-1-3-7-14;2-1(3)4/h1-11,16-17,19H,12H2;(H2,2,3,4)/b10-9+;/t16-,17+;/m1./s1. The Morgan fingerprint density at radius 2 is 1.77 bits per heavy atom. The van der Waals surface area contributed by atoms with Crippen LogP contribution < -0.4 is 4.72 Å². The van der Waals surface area contributed by atoms with Crippen LogP contribution >= 0.6 is 11.6 Å². The fourth-order valence-electron chi connectivity index (χ4n) is 2.42. The number of carboxylic acid groups (broad SMARTS) is 2. The molecule has 0 heterocycles. The number of benzene rings is 2. The number of rotatable bonds is 5. The molecule has 1 aliphatic rings. The summed E-state index contributed by atoms with van der Waals surface area (Å²) >= 11 is 5.88. The Morgan fingerprint density at radius 1 is 1.12 bits per heavy atom. The van der Waals surface area contributed by atoms with Crippen molar-refractivity contribution in [3.8, 4) is 0 Å². The molecule has 2 atom stereocenters. The molecule has 6 nitrogen and oxygen atoms in total. The third kappa shape index (κ3) is 6.87. The number of halogens is 1. The summed E-state index contributed by atoms with van der Waals surface area (Å²) in [5.41, 5.74) is 1.93. The molecule has 2 aromatic rings. The molecular weight excluding hydrogens is 378 g/mol. The van der Waals surface area contributed by atoms with Crippen LogP contribution in [0, 0.1) is 0 Å². The van der Waals surface area contributed by atoms with Crippen molar-refractivity contribution in [2.75, 3.05) is 0 Å². The zero-order valence-electron chi connectivity index (χ0n) is 13.6. The van der Waals surface area contributed by atoms with E-state index < -0.39 is 16.2 Å². The Hall–Kier alpha value is -2.35. The van der Waals surface area contributed by atoms with Gasteiger partial charge in [0.15, 0.2) is 0 Å². The summed E-state index contributed by atoms with van der Waals surface area (Å²) in [6, 6.07) is 17.0. The molecule has 0 amide bonds. The van der Waals surface area contributed by atoms with E-state index in [0.717, 1.165) is 12.0 Å². The first-order chi connectivity index (χ1) is 12.3. The van der Waals surface area contributed by atoms with Crippen molar-refractivity contribution in [1.82, 2.24) is 4.72 Å². The first kappa shape index (κ1) is 20.0. The fraction of sp³-hybridized carbons (Fsp3) is 0.167. The Labute approximate surface area is 156 Å². The molecule has 0 unspecified atom stereocenters. The Kier molecular flexibility index (Phi) is 6.79. The van der Waals surface area contributed by atoms with Gasteiger partial charge in [-0.25, -0.2) is 17.9 Å². The molecule has 3 N–H and O–H groups in total. The molecule has 1 aliphatic carbocycles. The van der Waals surface area contributed by atoms with Crippen LogP contribution in [0.1, 0.15) is 23.5 Å². The van der Waals surface area contributed by atoms with E-state index in [0.29, 0.717) is 5.02 Å². The third-order valence-electron chi connectivity index (χ3n) is 3.62. The van der Waals surface area contributed by atoms with Gasteiger partial charge in [-0.15, -0.1) is 0 Å². The number of sulfonamides is 1. The zero-order valence-corrected chi connectivity index (χ0v) is 15.2. The maximum atomic E-state index is 12.1. The van der Waals surface area contributed by atoms with Gasteiger partial charge >= 0.3 is 6.16 Å². The maximum Gasteiger partial charge on any atom is 0.503 e. The monoisotopic (exact) mass is 395 g/mol. The van der Waals surface area contributed by atoms with Gasteiger partial charge in [-0.05, 0) is 35.8 Å². The highest BCUT2D eigenvalue weighted by atomic mass is 35.5. The predicted octanol–water partition coefficient (Wildman–Crippen LogP) is 4.01. The van der Waals surface area contributed by atoms with Gasteiger partial charge in [0, 0.05) is 22.4 Å². The largest absolute Gasteiger partial charge is 0.503 e. The van der Waals surface area contributed by atoms with Gasteiger partial charge in [-0.2, -0.15) is 0 Å². The van der Waals surface area contributed by atoms with Crippen molar-refractivity contribution in [2.45, 2.75) is 18.4 Å². The second kappa shape index (κ2) is 8.84. The summed E-state index contributed by atoms with van der Waals surface area (Å²) in [7, 11) is -3.44. The van der Waals surface area contributed by atoms with Crippen LogP contribution in [0.5, 0.6) is 0 Å². The van der Waals surface area contributed by atoms with Crippen LogP contribution in [0.3, 0.4) is 0 Å². The van der Waals surface area contributed by atoms with Gasteiger partial charge in [-0.1, -0.05) is 54.1 Å². The van der Waals surface area contributed by atoms with Crippen molar-refractivity contribution >= 4 is 33.9 Å². The van der Waals surface area contributed by atoms with Crippen molar-refractivity contribution in [1.29, 1.82) is 0 Å². The Morgan fingerprint density at radius 3 is 2.38 bits per heavy atom. The molecule has 2 aromatic carbocycles. The fourth-order valence-corrected chi connectivity index (χ4v) is 3.72. The first-order valence-electron chi connectivity index (χ1n) is 7.69. The minimum atomic E-state index is -3.44. The molecule has 0 saturated heterocycles. The molecule has 1 saturated carbocycles. The zero-order chi connectivity index (χ0) is 19.2. The number of nitrogens with one attached hydrogen (secondary N) is 1. The lowest BCUT2D eigenvalue weighted by atomic mass is 10.1. The summed E-state index contributed by atoms with van der Waals surface area (Å²) in [6.07, 6.45) is 0.558. The predicted molar refractivity (Wildman–Crippen MR) is 101 cm³/mol. The van der Waals surface area contributed by atoms with Crippen molar-refractivity contribution in [2.24, 2.45) is 0 Å². The molecule has 0 aromatic heterocycles. The molecule has 138 valence electrons. The smallest absolute Gasteiger partial charge is 0.450 e. The normalized spacial score (nSPS) is 18.8.